The minimum Gasteiger partial charge on any atom is -0.465 e. The van der Waals surface area contributed by atoms with Gasteiger partial charge < -0.3 is 9.47 Å². The highest BCUT2D eigenvalue weighted by atomic mass is 32.2. The molecule has 1 atom stereocenters. The summed E-state index contributed by atoms with van der Waals surface area (Å²) < 4.78 is 37.5. The largest absolute Gasteiger partial charge is 0.465 e. The fraction of sp³-hybridized carbons (Fsp3) is 0.643. The highest BCUT2D eigenvalue weighted by Gasteiger charge is 2.39. The van der Waals surface area contributed by atoms with Gasteiger partial charge in [0.05, 0.1) is 12.7 Å². The van der Waals surface area contributed by atoms with Crippen LogP contribution in [0.15, 0.2) is 10.3 Å². The Morgan fingerprint density at radius 3 is 2.68 bits per heavy atom. The lowest BCUT2D eigenvalue weighted by molar-refractivity contribution is -0.0319. The zero-order valence-corrected chi connectivity index (χ0v) is 14.8. The van der Waals surface area contributed by atoms with E-state index in [0.29, 0.717) is 12.1 Å². The number of aryl methyl sites for hydroxylation is 1. The molecule has 0 aromatic carbocycles. The minimum atomic E-state index is -3.75. The van der Waals surface area contributed by atoms with E-state index in [2.05, 4.69) is 0 Å². The molecule has 1 aromatic rings. The van der Waals surface area contributed by atoms with Gasteiger partial charge in [-0.15, -0.1) is 11.3 Å². The molecule has 1 fully saturated rings. The maximum atomic E-state index is 13.0. The first-order chi connectivity index (χ1) is 10.2. The fourth-order valence-electron chi connectivity index (χ4n) is 2.65. The molecule has 0 bridgehead atoms. The van der Waals surface area contributed by atoms with E-state index < -0.39 is 21.6 Å². The molecule has 124 valence electrons. The molecule has 2 heterocycles. The molecular formula is C14H21NO5S2. The van der Waals surface area contributed by atoms with Crippen LogP contribution >= 0.6 is 11.3 Å². The molecule has 0 N–H and O–H groups in total. The van der Waals surface area contributed by atoms with Crippen LogP contribution in [0.5, 0.6) is 0 Å². The fourth-order valence-corrected chi connectivity index (χ4v) is 5.90. The number of carbonyl (C=O) groups excluding carboxylic acids is 1. The van der Waals surface area contributed by atoms with Gasteiger partial charge >= 0.3 is 5.97 Å². The smallest absolute Gasteiger partial charge is 0.349 e. The molecule has 0 radical (unpaired) electrons. The summed E-state index contributed by atoms with van der Waals surface area (Å²) in [6.45, 7) is 4.30. The summed E-state index contributed by atoms with van der Waals surface area (Å²) in [4.78, 5) is 12.0. The van der Waals surface area contributed by atoms with Crippen molar-refractivity contribution in [1.29, 1.82) is 0 Å². The predicted molar refractivity (Wildman–Crippen MR) is 83.8 cm³/mol. The van der Waals surface area contributed by atoms with E-state index in [4.69, 9.17) is 9.47 Å². The average molecular weight is 347 g/mol. The van der Waals surface area contributed by atoms with Crippen molar-refractivity contribution in [3.05, 3.63) is 15.8 Å². The van der Waals surface area contributed by atoms with Crippen molar-refractivity contribution in [2.75, 3.05) is 27.3 Å². The SMILES string of the molecule is COC(=O)c1scc(C)c1S(=O)(=O)N1CCC[C@](C)(OC)C1. The van der Waals surface area contributed by atoms with Crippen molar-refractivity contribution in [2.24, 2.45) is 0 Å². The van der Waals surface area contributed by atoms with Crippen molar-refractivity contribution < 1.29 is 22.7 Å². The third-order valence-corrected chi connectivity index (χ3v) is 7.24. The second-order valence-corrected chi connectivity index (χ2v) is 8.42. The Labute approximate surface area is 135 Å². The molecule has 1 aromatic heterocycles. The monoisotopic (exact) mass is 347 g/mol. The number of hydrogen-bond donors (Lipinski definition) is 0. The Morgan fingerprint density at radius 2 is 2.09 bits per heavy atom. The van der Waals surface area contributed by atoms with Gasteiger partial charge in [-0.3, -0.25) is 0 Å². The van der Waals surface area contributed by atoms with Crippen LogP contribution in [0.2, 0.25) is 0 Å². The van der Waals surface area contributed by atoms with E-state index in [1.807, 2.05) is 6.92 Å². The van der Waals surface area contributed by atoms with Gasteiger partial charge in [-0.25, -0.2) is 13.2 Å². The summed E-state index contributed by atoms with van der Waals surface area (Å²) in [5.41, 5.74) is 0.0656. The van der Waals surface area contributed by atoms with Crippen LogP contribution in [0.3, 0.4) is 0 Å². The number of nitrogens with zero attached hydrogens (tertiary/aromatic N) is 1. The van der Waals surface area contributed by atoms with Gasteiger partial charge in [-0.1, -0.05) is 0 Å². The molecule has 1 aliphatic rings. The highest BCUT2D eigenvalue weighted by molar-refractivity contribution is 7.89. The summed E-state index contributed by atoms with van der Waals surface area (Å²) in [7, 11) is -0.918. The summed E-state index contributed by atoms with van der Waals surface area (Å²) in [5, 5.41) is 1.67. The molecule has 0 saturated carbocycles. The van der Waals surface area contributed by atoms with Gasteiger partial charge in [-0.05, 0) is 37.6 Å². The van der Waals surface area contributed by atoms with E-state index in [1.165, 1.54) is 11.4 Å². The number of carbonyl (C=O) groups is 1. The lowest BCUT2D eigenvalue weighted by atomic mass is 9.96. The third-order valence-electron chi connectivity index (χ3n) is 4.00. The van der Waals surface area contributed by atoms with Crippen LogP contribution in [0, 0.1) is 6.92 Å². The highest BCUT2D eigenvalue weighted by Crippen LogP contribution is 2.33. The van der Waals surface area contributed by atoms with Crippen LogP contribution in [0.4, 0.5) is 0 Å². The maximum absolute atomic E-state index is 13.0. The molecule has 22 heavy (non-hydrogen) atoms. The molecule has 8 heteroatoms. The molecule has 0 unspecified atom stereocenters. The lowest BCUT2D eigenvalue weighted by Crippen LogP contribution is -2.49. The molecule has 2 rings (SSSR count). The van der Waals surface area contributed by atoms with E-state index in [0.717, 1.165) is 24.2 Å². The summed E-state index contributed by atoms with van der Waals surface area (Å²) in [6, 6.07) is 0. The Bertz CT molecular complexity index is 667. The maximum Gasteiger partial charge on any atom is 0.349 e. The molecule has 1 saturated heterocycles. The van der Waals surface area contributed by atoms with Crippen LogP contribution in [-0.2, 0) is 19.5 Å². The van der Waals surface area contributed by atoms with Gasteiger partial charge in [-0.2, -0.15) is 4.31 Å². The first-order valence-electron chi connectivity index (χ1n) is 6.97. The second kappa shape index (κ2) is 6.27. The van der Waals surface area contributed by atoms with Crippen molar-refractivity contribution in [3.63, 3.8) is 0 Å². The quantitative estimate of drug-likeness (QED) is 0.779. The van der Waals surface area contributed by atoms with Crippen molar-refractivity contribution in [1.82, 2.24) is 4.31 Å². The number of rotatable bonds is 4. The summed E-state index contributed by atoms with van der Waals surface area (Å²) in [5.74, 6) is -0.622. The first-order valence-corrected chi connectivity index (χ1v) is 9.29. The number of sulfonamides is 1. The van der Waals surface area contributed by atoms with E-state index >= 15 is 0 Å². The van der Waals surface area contributed by atoms with Gasteiger partial charge in [0.1, 0.15) is 9.77 Å². The molecule has 1 aliphatic heterocycles. The zero-order valence-electron chi connectivity index (χ0n) is 13.2. The minimum absolute atomic E-state index is 0.0599. The number of piperidine rings is 1. The van der Waals surface area contributed by atoms with Crippen molar-refractivity contribution >= 4 is 27.3 Å². The van der Waals surface area contributed by atoms with Gasteiger partial charge in [0.25, 0.3) is 0 Å². The number of hydrogen-bond acceptors (Lipinski definition) is 6. The van der Waals surface area contributed by atoms with Crippen LogP contribution < -0.4 is 0 Å². The lowest BCUT2D eigenvalue weighted by Gasteiger charge is -2.38. The summed E-state index contributed by atoms with van der Waals surface area (Å²) in [6.07, 6.45) is 1.53. The Kier molecular flexibility index (Phi) is 4.96. The molecule has 0 amide bonds. The topological polar surface area (TPSA) is 72.9 Å². The van der Waals surface area contributed by atoms with Crippen LogP contribution in [0.1, 0.15) is 35.0 Å². The Hall–Kier alpha value is -0.960. The normalized spacial score (nSPS) is 23.5. The number of thiophene rings is 1. The van der Waals surface area contributed by atoms with Crippen LogP contribution in [-0.4, -0.2) is 51.6 Å². The van der Waals surface area contributed by atoms with Gasteiger partial charge in [0.2, 0.25) is 10.0 Å². The van der Waals surface area contributed by atoms with Gasteiger partial charge in [0, 0.05) is 20.2 Å². The molecule has 0 aliphatic carbocycles. The van der Waals surface area contributed by atoms with Crippen molar-refractivity contribution in [3.8, 4) is 0 Å². The average Bonchev–Trinajstić information content (AvgIpc) is 2.89. The number of ether oxygens (including phenoxy) is 2. The predicted octanol–water partition coefficient (Wildman–Crippen LogP) is 2.03. The number of esters is 1. The van der Waals surface area contributed by atoms with E-state index in [-0.39, 0.29) is 16.3 Å². The van der Waals surface area contributed by atoms with Crippen molar-refractivity contribution in [2.45, 2.75) is 37.2 Å². The molecule has 0 spiro atoms. The second-order valence-electron chi connectivity index (χ2n) is 5.66. The molecule has 6 nitrogen and oxygen atoms in total. The first kappa shape index (κ1) is 17.4. The Balaban J connectivity index is 2.43. The Morgan fingerprint density at radius 1 is 1.41 bits per heavy atom. The van der Waals surface area contributed by atoms with Crippen LogP contribution in [0.25, 0.3) is 0 Å². The van der Waals surface area contributed by atoms with E-state index in [1.54, 1.807) is 19.4 Å². The van der Waals surface area contributed by atoms with E-state index in [9.17, 15) is 13.2 Å². The summed E-state index contributed by atoms with van der Waals surface area (Å²) >= 11 is 1.09. The standard InChI is InChI=1S/C14H21NO5S2/c1-10-8-21-11(13(16)19-3)12(10)22(17,18)15-7-5-6-14(2,9-15)20-4/h8H,5-7,9H2,1-4H3/t14-/m0/s1. The zero-order chi connectivity index (χ0) is 16.5. The molecular weight excluding hydrogens is 326 g/mol. The third kappa shape index (κ3) is 3.05. The number of methoxy groups -OCH3 is 2. The van der Waals surface area contributed by atoms with Gasteiger partial charge in [0.15, 0.2) is 0 Å².